The van der Waals surface area contributed by atoms with Crippen molar-refractivity contribution in [3.8, 4) is 0 Å². The van der Waals surface area contributed by atoms with Crippen LogP contribution >= 0.6 is 0 Å². The van der Waals surface area contributed by atoms with Crippen LogP contribution in [0.5, 0.6) is 0 Å². The van der Waals surface area contributed by atoms with Crippen molar-refractivity contribution in [3.63, 3.8) is 0 Å². The van der Waals surface area contributed by atoms with E-state index >= 15 is 0 Å². The summed E-state index contributed by atoms with van der Waals surface area (Å²) in [7, 11) is 0. The maximum atomic E-state index is 6.09. The van der Waals surface area contributed by atoms with Gasteiger partial charge in [-0.15, -0.1) is 0 Å². The molecule has 0 fully saturated rings. The van der Waals surface area contributed by atoms with E-state index in [4.69, 9.17) is 5.73 Å². The van der Waals surface area contributed by atoms with Crippen LogP contribution in [0.3, 0.4) is 0 Å². The fraction of sp³-hybridized carbons (Fsp3) is 0.286. The highest BCUT2D eigenvalue weighted by atomic mass is 14.9. The third kappa shape index (κ3) is 3.11. The zero-order valence-electron chi connectivity index (χ0n) is 10.2. The zero-order chi connectivity index (χ0) is 12.3. The van der Waals surface area contributed by atoms with E-state index in [0.717, 1.165) is 12.0 Å². The molecule has 0 aliphatic heterocycles. The van der Waals surface area contributed by atoms with Gasteiger partial charge in [0.25, 0.3) is 0 Å². The van der Waals surface area contributed by atoms with Crippen molar-refractivity contribution in [2.75, 3.05) is 0 Å². The first-order valence-electron chi connectivity index (χ1n) is 5.75. The van der Waals surface area contributed by atoms with Gasteiger partial charge in [0.2, 0.25) is 0 Å². The Bertz CT molecular complexity index is 474. The molecule has 0 spiro atoms. The van der Waals surface area contributed by atoms with E-state index in [2.05, 4.69) is 41.2 Å². The molecule has 0 radical (unpaired) electrons. The molecule has 0 saturated carbocycles. The smallest absolute Gasteiger partial charge is 0.145 e. The third-order valence-electron chi connectivity index (χ3n) is 2.71. The van der Waals surface area contributed by atoms with Crippen molar-refractivity contribution in [2.45, 2.75) is 26.3 Å². The van der Waals surface area contributed by atoms with Gasteiger partial charge in [0.1, 0.15) is 5.82 Å². The summed E-state index contributed by atoms with van der Waals surface area (Å²) in [6, 6.07) is 8.25. The van der Waals surface area contributed by atoms with E-state index in [1.165, 1.54) is 11.1 Å². The van der Waals surface area contributed by atoms with Crippen LogP contribution in [-0.2, 0) is 6.42 Å². The molecule has 1 heterocycles. The standard InChI is InChI=1S/C14H17N3/c1-10-3-5-12(6-4-10)7-13(15)14-16-8-11(2)9-17-14/h3-6,8-9,13H,7,15H2,1-2H3. The lowest BCUT2D eigenvalue weighted by molar-refractivity contribution is 0.665. The van der Waals surface area contributed by atoms with Crippen LogP contribution in [0.25, 0.3) is 0 Å². The molecule has 1 atom stereocenters. The summed E-state index contributed by atoms with van der Waals surface area (Å²) < 4.78 is 0. The van der Waals surface area contributed by atoms with Gasteiger partial charge < -0.3 is 5.73 Å². The highest BCUT2D eigenvalue weighted by molar-refractivity contribution is 5.22. The van der Waals surface area contributed by atoms with Crippen molar-refractivity contribution in [2.24, 2.45) is 5.73 Å². The molecule has 3 heteroatoms. The average molecular weight is 227 g/mol. The lowest BCUT2D eigenvalue weighted by atomic mass is 10.0. The predicted octanol–water partition coefficient (Wildman–Crippen LogP) is 2.34. The summed E-state index contributed by atoms with van der Waals surface area (Å²) in [5, 5.41) is 0. The quantitative estimate of drug-likeness (QED) is 0.875. The lowest BCUT2D eigenvalue weighted by Gasteiger charge is -2.10. The van der Waals surface area contributed by atoms with Crippen LogP contribution < -0.4 is 5.73 Å². The molecule has 2 aromatic rings. The Morgan fingerprint density at radius 1 is 1.00 bits per heavy atom. The van der Waals surface area contributed by atoms with Gasteiger partial charge in [-0.05, 0) is 31.4 Å². The largest absolute Gasteiger partial charge is 0.321 e. The molecule has 1 aromatic heterocycles. The molecule has 2 N–H and O–H groups in total. The number of aryl methyl sites for hydroxylation is 2. The summed E-state index contributed by atoms with van der Waals surface area (Å²) in [6.45, 7) is 4.04. The Morgan fingerprint density at radius 3 is 2.18 bits per heavy atom. The van der Waals surface area contributed by atoms with E-state index < -0.39 is 0 Å². The maximum absolute atomic E-state index is 6.09. The minimum atomic E-state index is -0.140. The molecule has 88 valence electrons. The molecular formula is C14H17N3. The Labute approximate surface area is 102 Å². The molecule has 1 aromatic carbocycles. The highest BCUT2D eigenvalue weighted by Gasteiger charge is 2.09. The average Bonchev–Trinajstić information content (AvgIpc) is 2.33. The maximum Gasteiger partial charge on any atom is 0.145 e. The van der Waals surface area contributed by atoms with E-state index in [1.54, 1.807) is 12.4 Å². The first-order chi connectivity index (χ1) is 8.15. The summed E-state index contributed by atoms with van der Waals surface area (Å²) in [4.78, 5) is 8.51. The highest BCUT2D eigenvalue weighted by Crippen LogP contribution is 2.13. The number of nitrogens with two attached hydrogens (primary N) is 1. The Hall–Kier alpha value is -1.74. The van der Waals surface area contributed by atoms with E-state index in [1.807, 2.05) is 6.92 Å². The molecule has 0 amide bonds. The Balaban J connectivity index is 2.08. The Morgan fingerprint density at radius 2 is 1.59 bits per heavy atom. The predicted molar refractivity (Wildman–Crippen MR) is 68.6 cm³/mol. The van der Waals surface area contributed by atoms with Gasteiger partial charge in [-0.3, -0.25) is 0 Å². The molecule has 3 nitrogen and oxygen atoms in total. The van der Waals surface area contributed by atoms with E-state index in [9.17, 15) is 0 Å². The molecule has 0 aliphatic carbocycles. The molecular weight excluding hydrogens is 210 g/mol. The number of hydrogen-bond acceptors (Lipinski definition) is 3. The van der Waals surface area contributed by atoms with Crippen molar-refractivity contribution >= 4 is 0 Å². The second-order valence-electron chi connectivity index (χ2n) is 4.41. The first-order valence-corrected chi connectivity index (χ1v) is 5.75. The molecule has 17 heavy (non-hydrogen) atoms. The second-order valence-corrected chi connectivity index (χ2v) is 4.41. The zero-order valence-corrected chi connectivity index (χ0v) is 10.2. The molecule has 1 unspecified atom stereocenters. The molecule has 0 aliphatic rings. The minimum absolute atomic E-state index is 0.140. The van der Waals surface area contributed by atoms with Gasteiger partial charge in [0, 0.05) is 12.4 Å². The number of rotatable bonds is 3. The van der Waals surface area contributed by atoms with Crippen LogP contribution in [0, 0.1) is 13.8 Å². The normalized spacial score (nSPS) is 12.4. The minimum Gasteiger partial charge on any atom is -0.321 e. The van der Waals surface area contributed by atoms with Crippen molar-refractivity contribution in [1.82, 2.24) is 9.97 Å². The summed E-state index contributed by atoms with van der Waals surface area (Å²) in [6.07, 6.45) is 4.37. The number of nitrogens with zero attached hydrogens (tertiary/aromatic N) is 2. The third-order valence-corrected chi connectivity index (χ3v) is 2.71. The van der Waals surface area contributed by atoms with Gasteiger partial charge >= 0.3 is 0 Å². The molecule has 0 bridgehead atoms. The van der Waals surface area contributed by atoms with Crippen LogP contribution in [0.4, 0.5) is 0 Å². The first kappa shape index (κ1) is 11.7. The summed E-state index contributed by atoms with van der Waals surface area (Å²) in [5.41, 5.74) is 9.62. The van der Waals surface area contributed by atoms with Crippen molar-refractivity contribution < 1.29 is 0 Å². The van der Waals surface area contributed by atoms with Gasteiger partial charge in [-0.25, -0.2) is 9.97 Å². The van der Waals surface area contributed by atoms with Gasteiger partial charge in [0.05, 0.1) is 6.04 Å². The fourth-order valence-corrected chi connectivity index (χ4v) is 1.66. The summed E-state index contributed by atoms with van der Waals surface area (Å²) >= 11 is 0. The number of aromatic nitrogens is 2. The summed E-state index contributed by atoms with van der Waals surface area (Å²) in [5.74, 6) is 0.705. The number of benzene rings is 1. The van der Waals surface area contributed by atoms with Crippen LogP contribution in [0.1, 0.15) is 28.6 Å². The molecule has 0 saturated heterocycles. The van der Waals surface area contributed by atoms with Crippen molar-refractivity contribution in [1.29, 1.82) is 0 Å². The monoisotopic (exact) mass is 227 g/mol. The van der Waals surface area contributed by atoms with E-state index in [0.29, 0.717) is 5.82 Å². The van der Waals surface area contributed by atoms with Crippen LogP contribution in [0.2, 0.25) is 0 Å². The van der Waals surface area contributed by atoms with Gasteiger partial charge in [-0.2, -0.15) is 0 Å². The molecule has 2 rings (SSSR count). The lowest BCUT2D eigenvalue weighted by Crippen LogP contribution is -2.16. The van der Waals surface area contributed by atoms with Crippen LogP contribution in [-0.4, -0.2) is 9.97 Å². The van der Waals surface area contributed by atoms with Gasteiger partial charge in [-0.1, -0.05) is 29.8 Å². The SMILES string of the molecule is Cc1ccc(CC(N)c2ncc(C)cn2)cc1. The van der Waals surface area contributed by atoms with Crippen molar-refractivity contribution in [3.05, 3.63) is 59.2 Å². The van der Waals surface area contributed by atoms with E-state index in [-0.39, 0.29) is 6.04 Å². The van der Waals surface area contributed by atoms with Gasteiger partial charge in [0.15, 0.2) is 0 Å². The topological polar surface area (TPSA) is 51.8 Å². The second kappa shape index (κ2) is 5.06. The Kier molecular flexibility index (Phi) is 3.49. The number of hydrogen-bond donors (Lipinski definition) is 1. The van der Waals surface area contributed by atoms with Crippen LogP contribution in [0.15, 0.2) is 36.7 Å². The fourth-order valence-electron chi connectivity index (χ4n) is 1.66.